The molecule has 2 nitrogen and oxygen atoms in total. The Hall–Kier alpha value is -5.65. The molecular formula is C43H34N2. The molecule has 0 spiro atoms. The molecule has 216 valence electrons. The number of nitrogens with zero attached hydrogens (tertiary/aromatic N) is 2. The van der Waals surface area contributed by atoms with E-state index in [0.717, 1.165) is 23.6 Å². The molecule has 2 heteroatoms. The molecule has 8 rings (SSSR count). The summed E-state index contributed by atoms with van der Waals surface area (Å²) in [6, 6.07) is 53.1. The lowest BCUT2D eigenvalue weighted by Crippen LogP contribution is -2.34. The van der Waals surface area contributed by atoms with Gasteiger partial charge in [0.15, 0.2) is 0 Å². The minimum Gasteiger partial charge on any atom is -0.321 e. The lowest BCUT2D eigenvalue weighted by molar-refractivity contribution is 0.767. The Bertz CT molecular complexity index is 2030. The van der Waals surface area contributed by atoms with E-state index in [-0.39, 0.29) is 0 Å². The van der Waals surface area contributed by atoms with Gasteiger partial charge in [0, 0.05) is 11.3 Å². The fourth-order valence-electron chi connectivity index (χ4n) is 7.20. The number of terminal acetylenes is 1. The Kier molecular flexibility index (Phi) is 7.16. The minimum absolute atomic E-state index is 0.449. The molecule has 6 aromatic rings. The van der Waals surface area contributed by atoms with E-state index in [9.17, 15) is 0 Å². The summed E-state index contributed by atoms with van der Waals surface area (Å²) in [5.74, 6) is 0.984. The second kappa shape index (κ2) is 11.5. The predicted molar refractivity (Wildman–Crippen MR) is 188 cm³/mol. The van der Waals surface area contributed by atoms with Gasteiger partial charge in [-0.15, -0.1) is 12.8 Å². The van der Waals surface area contributed by atoms with Crippen LogP contribution in [0.1, 0.15) is 44.5 Å². The van der Waals surface area contributed by atoms with Crippen molar-refractivity contribution in [1.29, 1.82) is 0 Å². The molecule has 0 radical (unpaired) electrons. The average molecular weight is 579 g/mol. The third kappa shape index (κ3) is 4.48. The second-order valence-corrected chi connectivity index (χ2v) is 11.7. The summed E-state index contributed by atoms with van der Waals surface area (Å²) in [5, 5.41) is 0. The second-order valence-electron chi connectivity index (χ2n) is 11.7. The summed E-state index contributed by atoms with van der Waals surface area (Å²) in [4.78, 5) is 7.73. The van der Waals surface area contributed by atoms with Crippen molar-refractivity contribution in [3.63, 3.8) is 0 Å². The molecule has 45 heavy (non-hydrogen) atoms. The van der Waals surface area contributed by atoms with Crippen LogP contribution in [-0.4, -0.2) is 5.84 Å². The fraction of sp³-hybridized carbons (Fsp3) is 0.0930. The molecule has 0 aromatic heterocycles. The highest BCUT2D eigenvalue weighted by molar-refractivity contribution is 6.13. The average Bonchev–Trinajstić information content (AvgIpc) is 3.39. The maximum absolute atomic E-state index is 5.34. The zero-order valence-corrected chi connectivity index (χ0v) is 25.6. The molecule has 0 saturated carbocycles. The molecule has 0 unspecified atom stereocenters. The number of anilines is 1. The van der Waals surface area contributed by atoms with E-state index >= 15 is 0 Å². The third-order valence-corrected chi connectivity index (χ3v) is 9.17. The number of rotatable bonds is 4. The van der Waals surface area contributed by atoms with Crippen LogP contribution in [0.4, 0.5) is 11.4 Å². The van der Waals surface area contributed by atoms with Crippen molar-refractivity contribution < 1.29 is 0 Å². The molecule has 0 atom stereocenters. The van der Waals surface area contributed by atoms with Crippen molar-refractivity contribution in [1.82, 2.24) is 0 Å². The Morgan fingerprint density at radius 1 is 0.600 bits per heavy atom. The Balaban J connectivity index is 0.00000160. The van der Waals surface area contributed by atoms with Gasteiger partial charge in [0.05, 0.1) is 17.6 Å². The Morgan fingerprint density at radius 3 is 1.87 bits per heavy atom. The van der Waals surface area contributed by atoms with Gasteiger partial charge in [0.1, 0.15) is 5.84 Å². The van der Waals surface area contributed by atoms with E-state index < -0.39 is 5.41 Å². The predicted octanol–water partition coefficient (Wildman–Crippen LogP) is 10.0. The van der Waals surface area contributed by atoms with Crippen LogP contribution in [-0.2, 0) is 12.0 Å². The standard InChI is InChI=1S/C41H32N2.C2H2/c1-28-21-23-34-35-24-22-30(40-42-38-19-11-10-14-31(38)27-43(40)39-20-12-9-13-29(39)2)26-37(35)41(36(34)25-28,32-15-5-3-6-16-32)33-17-7-4-8-18-33;1-2/h3-26H,27H2,1-2H3;1-2H. The minimum atomic E-state index is -0.449. The molecule has 1 heterocycles. The molecule has 0 fully saturated rings. The SMILES string of the molecule is C#C.Cc1ccc2c(c1)C(c1ccccc1)(c1ccccc1)c1cc(C3=Nc4ccccc4CN3c3ccccc3C)ccc1-2. The quantitative estimate of drug-likeness (QED) is 0.190. The van der Waals surface area contributed by atoms with Crippen molar-refractivity contribution in [3.05, 3.63) is 190 Å². The monoisotopic (exact) mass is 578 g/mol. The van der Waals surface area contributed by atoms with E-state index in [2.05, 4.69) is 177 Å². The van der Waals surface area contributed by atoms with Crippen LogP contribution in [0, 0.1) is 26.7 Å². The molecule has 1 aliphatic heterocycles. The van der Waals surface area contributed by atoms with Crippen LogP contribution in [0.15, 0.2) is 151 Å². The molecule has 0 N–H and O–H groups in total. The van der Waals surface area contributed by atoms with E-state index in [1.165, 1.54) is 55.8 Å². The van der Waals surface area contributed by atoms with Crippen molar-refractivity contribution in [2.75, 3.05) is 4.90 Å². The zero-order valence-electron chi connectivity index (χ0n) is 25.6. The summed E-state index contributed by atoms with van der Waals surface area (Å²) in [7, 11) is 0. The van der Waals surface area contributed by atoms with Gasteiger partial charge in [0.2, 0.25) is 0 Å². The lowest BCUT2D eigenvalue weighted by Gasteiger charge is -2.35. The number of hydrogen-bond donors (Lipinski definition) is 0. The van der Waals surface area contributed by atoms with Crippen LogP contribution in [0.5, 0.6) is 0 Å². The highest BCUT2D eigenvalue weighted by Crippen LogP contribution is 2.56. The van der Waals surface area contributed by atoms with E-state index in [4.69, 9.17) is 4.99 Å². The molecular weight excluding hydrogens is 544 g/mol. The van der Waals surface area contributed by atoms with Gasteiger partial charge in [-0.05, 0) is 76.6 Å². The van der Waals surface area contributed by atoms with Crippen LogP contribution >= 0.6 is 0 Å². The summed E-state index contributed by atoms with van der Waals surface area (Å²) in [6.45, 7) is 5.16. The first-order chi connectivity index (χ1) is 22.1. The van der Waals surface area contributed by atoms with Crippen molar-refractivity contribution in [3.8, 4) is 24.0 Å². The van der Waals surface area contributed by atoms with Gasteiger partial charge < -0.3 is 4.90 Å². The summed E-state index contributed by atoms with van der Waals surface area (Å²) < 4.78 is 0. The lowest BCUT2D eigenvalue weighted by atomic mass is 9.67. The number of para-hydroxylation sites is 2. The summed E-state index contributed by atoms with van der Waals surface area (Å²) >= 11 is 0. The number of fused-ring (bicyclic) bond motifs is 4. The van der Waals surface area contributed by atoms with Crippen molar-refractivity contribution >= 4 is 17.2 Å². The molecule has 2 aliphatic rings. The molecule has 1 aliphatic carbocycles. The Morgan fingerprint density at radius 2 is 1.18 bits per heavy atom. The molecule has 0 amide bonds. The number of benzene rings is 6. The van der Waals surface area contributed by atoms with E-state index in [1.807, 2.05) is 0 Å². The smallest absolute Gasteiger partial charge is 0.141 e. The van der Waals surface area contributed by atoms with Gasteiger partial charge in [-0.2, -0.15) is 0 Å². The normalized spacial score (nSPS) is 13.9. The topological polar surface area (TPSA) is 15.6 Å². The number of aliphatic imine (C=N–C) groups is 1. The maximum atomic E-state index is 5.34. The zero-order chi connectivity index (χ0) is 31.0. The number of hydrogen-bond acceptors (Lipinski definition) is 2. The van der Waals surface area contributed by atoms with Gasteiger partial charge >= 0.3 is 0 Å². The summed E-state index contributed by atoms with van der Waals surface area (Å²) in [6.07, 6.45) is 8.00. The maximum Gasteiger partial charge on any atom is 0.141 e. The number of amidine groups is 1. The van der Waals surface area contributed by atoms with Crippen LogP contribution in [0.2, 0.25) is 0 Å². The van der Waals surface area contributed by atoms with Gasteiger partial charge in [0.25, 0.3) is 0 Å². The van der Waals surface area contributed by atoms with Crippen molar-refractivity contribution in [2.45, 2.75) is 25.8 Å². The van der Waals surface area contributed by atoms with Gasteiger partial charge in [-0.3, -0.25) is 0 Å². The third-order valence-electron chi connectivity index (χ3n) is 9.17. The largest absolute Gasteiger partial charge is 0.321 e. The summed E-state index contributed by atoms with van der Waals surface area (Å²) in [5.41, 5.74) is 14.4. The Labute approximate surface area is 266 Å². The van der Waals surface area contributed by atoms with E-state index in [1.54, 1.807) is 0 Å². The molecule has 6 aromatic carbocycles. The molecule has 0 saturated heterocycles. The first kappa shape index (κ1) is 28.1. The van der Waals surface area contributed by atoms with Crippen LogP contribution in [0.25, 0.3) is 11.1 Å². The van der Waals surface area contributed by atoms with Gasteiger partial charge in [-0.1, -0.05) is 133 Å². The van der Waals surface area contributed by atoms with Crippen LogP contribution in [0.3, 0.4) is 0 Å². The van der Waals surface area contributed by atoms with Gasteiger partial charge in [-0.25, -0.2) is 4.99 Å². The molecule has 0 bridgehead atoms. The first-order valence-electron chi connectivity index (χ1n) is 15.3. The highest BCUT2D eigenvalue weighted by atomic mass is 15.2. The highest BCUT2D eigenvalue weighted by Gasteiger charge is 2.46. The van der Waals surface area contributed by atoms with Crippen LogP contribution < -0.4 is 4.90 Å². The first-order valence-corrected chi connectivity index (χ1v) is 15.3. The fourth-order valence-corrected chi connectivity index (χ4v) is 7.20. The van der Waals surface area contributed by atoms with E-state index in [0.29, 0.717) is 0 Å². The number of aryl methyl sites for hydroxylation is 2. The van der Waals surface area contributed by atoms with Crippen molar-refractivity contribution in [2.24, 2.45) is 4.99 Å².